The van der Waals surface area contributed by atoms with Crippen molar-refractivity contribution >= 4 is 22.7 Å². The molecule has 0 saturated heterocycles. The van der Waals surface area contributed by atoms with Crippen molar-refractivity contribution in [3.05, 3.63) is 89.0 Å². The highest BCUT2D eigenvalue weighted by molar-refractivity contribution is 6.09. The third-order valence-corrected chi connectivity index (χ3v) is 5.37. The van der Waals surface area contributed by atoms with Crippen LogP contribution in [-0.2, 0) is 4.74 Å². The zero-order chi connectivity index (χ0) is 22.7. The van der Waals surface area contributed by atoms with E-state index in [1.54, 1.807) is 31.2 Å². The molecule has 1 heterocycles. The molecule has 0 radical (unpaired) electrons. The van der Waals surface area contributed by atoms with Crippen LogP contribution in [0.1, 0.15) is 38.8 Å². The van der Waals surface area contributed by atoms with Gasteiger partial charge in [0.05, 0.1) is 6.61 Å². The monoisotopic (exact) mass is 428 g/mol. The van der Waals surface area contributed by atoms with E-state index < -0.39 is 5.97 Å². The van der Waals surface area contributed by atoms with Gasteiger partial charge in [-0.2, -0.15) is 0 Å². The molecule has 0 N–H and O–H groups in total. The molecule has 0 saturated carbocycles. The van der Waals surface area contributed by atoms with E-state index in [0.29, 0.717) is 33.6 Å². The number of fused-ring (bicyclic) bond motifs is 1. The topological polar surface area (TPSA) is 65.7 Å². The van der Waals surface area contributed by atoms with Gasteiger partial charge in [0.15, 0.2) is 12.4 Å². The summed E-state index contributed by atoms with van der Waals surface area (Å²) in [6.45, 7) is 5.88. The zero-order valence-corrected chi connectivity index (χ0v) is 18.3. The maximum Gasteiger partial charge on any atom is 0.342 e. The fraction of sp³-hybridized carbons (Fsp3) is 0.185. The van der Waals surface area contributed by atoms with Gasteiger partial charge in [0.1, 0.15) is 22.7 Å². The van der Waals surface area contributed by atoms with Crippen molar-refractivity contribution in [1.29, 1.82) is 0 Å². The summed E-state index contributed by atoms with van der Waals surface area (Å²) >= 11 is 0. The van der Waals surface area contributed by atoms with Crippen LogP contribution in [0.15, 0.2) is 71.1 Å². The normalized spacial score (nSPS) is 10.8. The molecule has 0 aliphatic carbocycles. The Morgan fingerprint density at radius 1 is 0.906 bits per heavy atom. The second kappa shape index (κ2) is 9.10. The Morgan fingerprint density at radius 3 is 2.41 bits per heavy atom. The van der Waals surface area contributed by atoms with Gasteiger partial charge in [-0.3, -0.25) is 4.79 Å². The number of hydrogen-bond acceptors (Lipinski definition) is 5. The summed E-state index contributed by atoms with van der Waals surface area (Å²) in [5.74, 6) is 0.340. The molecule has 0 bridgehead atoms. The predicted octanol–water partition coefficient (Wildman–Crippen LogP) is 6.16. The number of ether oxygens (including phenoxy) is 2. The molecule has 0 amide bonds. The molecule has 5 nitrogen and oxygen atoms in total. The predicted molar refractivity (Wildman–Crippen MR) is 123 cm³/mol. The van der Waals surface area contributed by atoms with Crippen LogP contribution in [-0.4, -0.2) is 25.0 Å². The van der Waals surface area contributed by atoms with Crippen LogP contribution in [0.4, 0.5) is 0 Å². The summed E-state index contributed by atoms with van der Waals surface area (Å²) in [4.78, 5) is 25.3. The van der Waals surface area contributed by atoms with Crippen molar-refractivity contribution in [1.82, 2.24) is 0 Å². The Hall–Kier alpha value is -3.86. The van der Waals surface area contributed by atoms with E-state index in [-0.39, 0.29) is 19.0 Å². The van der Waals surface area contributed by atoms with Crippen molar-refractivity contribution in [2.45, 2.75) is 20.8 Å². The van der Waals surface area contributed by atoms with Crippen molar-refractivity contribution in [3.63, 3.8) is 0 Å². The van der Waals surface area contributed by atoms with Crippen molar-refractivity contribution in [3.8, 4) is 17.1 Å². The van der Waals surface area contributed by atoms with E-state index in [9.17, 15) is 9.59 Å². The third kappa shape index (κ3) is 4.28. The Bertz CT molecular complexity index is 1280. The number of carbonyl (C=O) groups excluding carboxylic acids is 2. The van der Waals surface area contributed by atoms with E-state index in [4.69, 9.17) is 13.9 Å². The number of carbonyl (C=O) groups is 2. The summed E-state index contributed by atoms with van der Waals surface area (Å²) in [5, 5.41) is 0.582. The highest BCUT2D eigenvalue weighted by Gasteiger charge is 2.23. The van der Waals surface area contributed by atoms with Gasteiger partial charge in [0.2, 0.25) is 0 Å². The zero-order valence-electron chi connectivity index (χ0n) is 18.3. The number of ketones is 1. The molecule has 162 valence electrons. The molecule has 5 heteroatoms. The van der Waals surface area contributed by atoms with Gasteiger partial charge in [-0.1, -0.05) is 42.5 Å². The standard InChI is InChI=1S/C27H24O5/c1-4-30-27(29)25-22-15-21(31-16-23(28)20-11-10-17(2)18(3)14-20)12-13-24(22)32-26(25)19-8-6-5-7-9-19/h5-15H,4,16H2,1-3H3. The van der Waals surface area contributed by atoms with Gasteiger partial charge in [-0.25, -0.2) is 4.79 Å². The number of Topliss-reactive ketones (excluding diaryl/α,β-unsaturated/α-hetero) is 1. The molecule has 1 aromatic heterocycles. The molecule has 32 heavy (non-hydrogen) atoms. The fourth-order valence-electron chi connectivity index (χ4n) is 3.51. The smallest absolute Gasteiger partial charge is 0.342 e. The van der Waals surface area contributed by atoms with Crippen molar-refractivity contribution < 1.29 is 23.5 Å². The Labute approximate surface area is 186 Å². The van der Waals surface area contributed by atoms with E-state index in [1.807, 2.05) is 56.3 Å². The van der Waals surface area contributed by atoms with E-state index in [2.05, 4.69) is 0 Å². The Morgan fingerprint density at radius 2 is 1.69 bits per heavy atom. The number of furan rings is 1. The molecule has 0 spiro atoms. The number of rotatable bonds is 7. The van der Waals surface area contributed by atoms with Crippen LogP contribution in [0, 0.1) is 13.8 Å². The molecule has 4 aromatic rings. The van der Waals surface area contributed by atoms with Crippen LogP contribution in [0.5, 0.6) is 5.75 Å². The Balaban J connectivity index is 1.65. The number of benzene rings is 3. The lowest BCUT2D eigenvalue weighted by atomic mass is 10.0. The number of aryl methyl sites for hydroxylation is 2. The van der Waals surface area contributed by atoms with Crippen LogP contribution in [0.25, 0.3) is 22.3 Å². The molecule has 3 aromatic carbocycles. The summed E-state index contributed by atoms with van der Waals surface area (Å²) in [6, 6.07) is 20.2. The first-order valence-corrected chi connectivity index (χ1v) is 10.5. The van der Waals surface area contributed by atoms with E-state index in [1.165, 1.54) is 0 Å². The molecule has 0 fully saturated rings. The lowest BCUT2D eigenvalue weighted by molar-refractivity contribution is 0.0528. The highest BCUT2D eigenvalue weighted by atomic mass is 16.5. The minimum atomic E-state index is -0.464. The van der Waals surface area contributed by atoms with Gasteiger partial charge >= 0.3 is 5.97 Å². The molecule has 0 atom stereocenters. The fourth-order valence-corrected chi connectivity index (χ4v) is 3.51. The number of hydrogen-bond donors (Lipinski definition) is 0. The first-order valence-electron chi connectivity index (χ1n) is 10.5. The summed E-state index contributed by atoms with van der Waals surface area (Å²) in [6.07, 6.45) is 0. The SMILES string of the molecule is CCOC(=O)c1c(-c2ccccc2)oc2ccc(OCC(=O)c3ccc(C)c(C)c3)cc12. The molecule has 0 aliphatic rings. The maximum absolute atomic E-state index is 12.8. The lowest BCUT2D eigenvalue weighted by Gasteiger charge is -2.08. The van der Waals surface area contributed by atoms with Gasteiger partial charge in [0.25, 0.3) is 0 Å². The first kappa shape index (κ1) is 21.4. The van der Waals surface area contributed by atoms with E-state index in [0.717, 1.165) is 16.7 Å². The lowest BCUT2D eigenvalue weighted by Crippen LogP contribution is -2.12. The minimum absolute atomic E-state index is 0.105. The van der Waals surface area contributed by atoms with Gasteiger partial charge in [-0.05, 0) is 56.2 Å². The van der Waals surface area contributed by atoms with Gasteiger partial charge in [-0.15, -0.1) is 0 Å². The number of esters is 1. The van der Waals surface area contributed by atoms with Crippen molar-refractivity contribution in [2.75, 3.05) is 13.2 Å². The largest absolute Gasteiger partial charge is 0.485 e. The molecule has 0 aliphatic heterocycles. The quantitative estimate of drug-likeness (QED) is 0.261. The van der Waals surface area contributed by atoms with Gasteiger partial charge in [0, 0.05) is 16.5 Å². The Kier molecular flexibility index (Phi) is 6.08. The van der Waals surface area contributed by atoms with Crippen LogP contribution in [0.2, 0.25) is 0 Å². The van der Waals surface area contributed by atoms with Crippen LogP contribution in [0.3, 0.4) is 0 Å². The van der Waals surface area contributed by atoms with E-state index >= 15 is 0 Å². The summed E-state index contributed by atoms with van der Waals surface area (Å²) in [7, 11) is 0. The molecular formula is C27H24O5. The minimum Gasteiger partial charge on any atom is -0.485 e. The molecular weight excluding hydrogens is 404 g/mol. The molecule has 0 unspecified atom stereocenters. The van der Waals surface area contributed by atoms with Crippen molar-refractivity contribution in [2.24, 2.45) is 0 Å². The summed E-state index contributed by atoms with van der Waals surface area (Å²) < 4.78 is 17.0. The second-order valence-electron chi connectivity index (χ2n) is 7.56. The van der Waals surface area contributed by atoms with Crippen LogP contribution >= 0.6 is 0 Å². The average Bonchev–Trinajstić information content (AvgIpc) is 3.19. The van der Waals surface area contributed by atoms with Crippen LogP contribution < -0.4 is 4.74 Å². The van der Waals surface area contributed by atoms with Gasteiger partial charge < -0.3 is 13.9 Å². The summed E-state index contributed by atoms with van der Waals surface area (Å²) in [5.41, 5.74) is 4.46. The first-order chi connectivity index (χ1) is 15.5. The maximum atomic E-state index is 12.8. The average molecular weight is 428 g/mol. The second-order valence-corrected chi connectivity index (χ2v) is 7.56. The highest BCUT2D eigenvalue weighted by Crippen LogP contribution is 2.36. The molecule has 4 rings (SSSR count). The third-order valence-electron chi connectivity index (χ3n) is 5.37.